The molecule has 1 aliphatic heterocycles. The Morgan fingerprint density at radius 2 is 2.06 bits per heavy atom. The molecule has 2 fully saturated rings. The second-order valence-corrected chi connectivity index (χ2v) is 6.21. The molecule has 18 heavy (non-hydrogen) atoms. The van der Waals surface area contributed by atoms with Gasteiger partial charge in [-0.25, -0.2) is 0 Å². The molecule has 0 spiro atoms. The Labute approximate surface area is 110 Å². The predicted molar refractivity (Wildman–Crippen MR) is 73.2 cm³/mol. The lowest BCUT2D eigenvalue weighted by Crippen LogP contribution is -2.46. The number of hydrogen-bond donors (Lipinski definition) is 1. The van der Waals surface area contributed by atoms with Gasteiger partial charge in [-0.3, -0.25) is 4.79 Å². The van der Waals surface area contributed by atoms with Crippen molar-refractivity contribution in [2.75, 3.05) is 27.2 Å². The van der Waals surface area contributed by atoms with Gasteiger partial charge in [-0.1, -0.05) is 6.42 Å². The van der Waals surface area contributed by atoms with E-state index in [1.165, 1.54) is 0 Å². The number of carbonyl (C=O) groups is 1. The van der Waals surface area contributed by atoms with E-state index in [1.54, 1.807) is 0 Å². The molecule has 1 aliphatic carbocycles. The highest BCUT2D eigenvalue weighted by Gasteiger charge is 2.34. The van der Waals surface area contributed by atoms with Crippen LogP contribution in [-0.4, -0.2) is 55.0 Å². The molecular formula is C14H27N3O. The maximum atomic E-state index is 12.6. The average molecular weight is 253 g/mol. The fourth-order valence-corrected chi connectivity index (χ4v) is 3.42. The van der Waals surface area contributed by atoms with Crippen molar-refractivity contribution < 1.29 is 4.79 Å². The second-order valence-electron chi connectivity index (χ2n) is 6.21. The molecule has 0 radical (unpaired) electrons. The van der Waals surface area contributed by atoms with Crippen LogP contribution in [0, 0.1) is 5.92 Å². The minimum absolute atomic E-state index is 0.191. The summed E-state index contributed by atoms with van der Waals surface area (Å²) in [5.41, 5.74) is 6.00. The van der Waals surface area contributed by atoms with Crippen molar-refractivity contribution in [3.8, 4) is 0 Å². The van der Waals surface area contributed by atoms with E-state index in [-0.39, 0.29) is 12.0 Å². The first-order valence-electron chi connectivity index (χ1n) is 7.28. The number of amides is 1. The molecule has 2 N–H and O–H groups in total. The maximum Gasteiger partial charge on any atom is 0.226 e. The van der Waals surface area contributed by atoms with E-state index < -0.39 is 0 Å². The number of rotatable bonds is 3. The number of carbonyl (C=O) groups excluding carboxylic acids is 1. The molecule has 2 aliphatic rings. The van der Waals surface area contributed by atoms with Crippen molar-refractivity contribution in [3.05, 3.63) is 0 Å². The lowest BCUT2D eigenvalue weighted by molar-refractivity contribution is -0.137. The monoisotopic (exact) mass is 253 g/mol. The molecule has 0 bridgehead atoms. The zero-order valence-electron chi connectivity index (χ0n) is 11.8. The summed E-state index contributed by atoms with van der Waals surface area (Å²) in [6.07, 6.45) is 6.45. The van der Waals surface area contributed by atoms with Gasteiger partial charge in [-0.2, -0.15) is 0 Å². The molecule has 0 aromatic carbocycles. The molecule has 2 rings (SSSR count). The van der Waals surface area contributed by atoms with E-state index >= 15 is 0 Å². The first-order valence-corrected chi connectivity index (χ1v) is 7.28. The normalized spacial score (nSPS) is 33.1. The molecule has 1 saturated heterocycles. The highest BCUT2D eigenvalue weighted by molar-refractivity contribution is 5.79. The van der Waals surface area contributed by atoms with Crippen molar-refractivity contribution >= 4 is 5.91 Å². The summed E-state index contributed by atoms with van der Waals surface area (Å²) >= 11 is 0. The summed E-state index contributed by atoms with van der Waals surface area (Å²) in [5.74, 6) is 0.561. The number of nitrogens with two attached hydrogens (primary N) is 1. The van der Waals surface area contributed by atoms with Gasteiger partial charge >= 0.3 is 0 Å². The summed E-state index contributed by atoms with van der Waals surface area (Å²) in [5, 5.41) is 0. The van der Waals surface area contributed by atoms with Crippen LogP contribution in [0.15, 0.2) is 0 Å². The Morgan fingerprint density at radius 1 is 1.28 bits per heavy atom. The van der Waals surface area contributed by atoms with Crippen LogP contribution in [0.25, 0.3) is 0 Å². The Bertz CT molecular complexity index is 293. The molecule has 0 aromatic heterocycles. The molecular weight excluding hydrogens is 226 g/mol. The number of likely N-dealkylation sites (tertiary alicyclic amines) is 1. The Hall–Kier alpha value is -0.610. The average Bonchev–Trinajstić information content (AvgIpc) is 2.75. The maximum absolute atomic E-state index is 12.6. The van der Waals surface area contributed by atoms with Crippen molar-refractivity contribution in [1.29, 1.82) is 0 Å². The van der Waals surface area contributed by atoms with Crippen LogP contribution in [0.2, 0.25) is 0 Å². The molecule has 4 nitrogen and oxygen atoms in total. The highest BCUT2D eigenvalue weighted by atomic mass is 16.2. The van der Waals surface area contributed by atoms with Crippen LogP contribution >= 0.6 is 0 Å². The number of nitrogens with zero attached hydrogens (tertiary/aromatic N) is 2. The molecule has 104 valence electrons. The first-order chi connectivity index (χ1) is 8.58. The van der Waals surface area contributed by atoms with E-state index in [4.69, 9.17) is 5.73 Å². The summed E-state index contributed by atoms with van der Waals surface area (Å²) in [6, 6.07) is 0.660. The summed E-state index contributed by atoms with van der Waals surface area (Å²) in [4.78, 5) is 16.9. The Morgan fingerprint density at radius 3 is 2.72 bits per heavy atom. The number of hydrogen-bond acceptors (Lipinski definition) is 3. The van der Waals surface area contributed by atoms with Crippen LogP contribution in [0.3, 0.4) is 0 Å². The van der Waals surface area contributed by atoms with Gasteiger partial charge < -0.3 is 15.5 Å². The van der Waals surface area contributed by atoms with Crippen molar-refractivity contribution in [2.45, 2.75) is 50.6 Å². The van der Waals surface area contributed by atoms with E-state index in [9.17, 15) is 4.79 Å². The second kappa shape index (κ2) is 6.02. The zero-order valence-corrected chi connectivity index (χ0v) is 11.8. The molecule has 1 saturated carbocycles. The lowest BCUT2D eigenvalue weighted by Gasteiger charge is -2.33. The number of likely N-dealkylation sites (N-methyl/N-ethyl adjacent to an activating group) is 1. The molecule has 0 aromatic rings. The Balaban J connectivity index is 1.94. The highest BCUT2D eigenvalue weighted by Crippen LogP contribution is 2.28. The van der Waals surface area contributed by atoms with Gasteiger partial charge in [0.15, 0.2) is 0 Å². The smallest absolute Gasteiger partial charge is 0.226 e. The fourth-order valence-electron chi connectivity index (χ4n) is 3.42. The lowest BCUT2D eigenvalue weighted by atomic mass is 9.85. The van der Waals surface area contributed by atoms with E-state index in [2.05, 4.69) is 23.9 Å². The van der Waals surface area contributed by atoms with Crippen molar-refractivity contribution in [1.82, 2.24) is 9.80 Å². The van der Waals surface area contributed by atoms with Crippen LogP contribution in [0.4, 0.5) is 0 Å². The van der Waals surface area contributed by atoms with Crippen molar-refractivity contribution in [3.63, 3.8) is 0 Å². The topological polar surface area (TPSA) is 49.6 Å². The van der Waals surface area contributed by atoms with E-state index in [1.807, 2.05) is 0 Å². The van der Waals surface area contributed by atoms with Gasteiger partial charge in [0, 0.05) is 31.1 Å². The van der Waals surface area contributed by atoms with Gasteiger partial charge in [0.05, 0.1) is 0 Å². The SMILES string of the molecule is CN(C)CC1CCCN1C(=O)C1CCCC(N)C1. The van der Waals surface area contributed by atoms with E-state index in [0.717, 1.165) is 51.6 Å². The van der Waals surface area contributed by atoms with Crippen LogP contribution in [-0.2, 0) is 4.79 Å². The molecule has 1 heterocycles. The predicted octanol–water partition coefficient (Wildman–Crippen LogP) is 1.06. The third kappa shape index (κ3) is 3.23. The molecule has 3 unspecified atom stereocenters. The third-order valence-corrected chi connectivity index (χ3v) is 4.30. The van der Waals surface area contributed by atoms with E-state index in [0.29, 0.717) is 11.9 Å². The summed E-state index contributed by atoms with van der Waals surface area (Å²) < 4.78 is 0. The third-order valence-electron chi connectivity index (χ3n) is 4.30. The molecule has 1 amide bonds. The minimum atomic E-state index is 0.191. The van der Waals surface area contributed by atoms with Gasteiger partial charge in [-0.05, 0) is 46.2 Å². The standard InChI is InChI=1S/C14H27N3O/c1-16(2)10-13-7-4-8-17(13)14(18)11-5-3-6-12(15)9-11/h11-13H,3-10,15H2,1-2H3. The van der Waals surface area contributed by atoms with Crippen molar-refractivity contribution in [2.24, 2.45) is 11.7 Å². The fraction of sp³-hybridized carbons (Fsp3) is 0.929. The summed E-state index contributed by atoms with van der Waals surface area (Å²) in [6.45, 7) is 1.94. The van der Waals surface area contributed by atoms with Crippen LogP contribution < -0.4 is 5.73 Å². The van der Waals surface area contributed by atoms with Crippen LogP contribution in [0.5, 0.6) is 0 Å². The Kier molecular flexibility index (Phi) is 4.62. The minimum Gasteiger partial charge on any atom is -0.338 e. The molecule has 3 atom stereocenters. The first kappa shape index (κ1) is 13.8. The quantitative estimate of drug-likeness (QED) is 0.818. The summed E-state index contributed by atoms with van der Waals surface area (Å²) in [7, 11) is 4.16. The largest absolute Gasteiger partial charge is 0.338 e. The van der Waals surface area contributed by atoms with Gasteiger partial charge in [-0.15, -0.1) is 0 Å². The zero-order chi connectivity index (χ0) is 13.1. The molecule has 4 heteroatoms. The van der Waals surface area contributed by atoms with Crippen LogP contribution in [0.1, 0.15) is 38.5 Å². The van der Waals surface area contributed by atoms with Gasteiger partial charge in [0.1, 0.15) is 0 Å². The van der Waals surface area contributed by atoms with Gasteiger partial charge in [0.2, 0.25) is 5.91 Å². The van der Waals surface area contributed by atoms with Gasteiger partial charge in [0.25, 0.3) is 0 Å².